The molecule has 0 aliphatic heterocycles. The van der Waals surface area contributed by atoms with E-state index in [1.807, 2.05) is 37.3 Å². The second-order valence-corrected chi connectivity index (χ2v) is 6.27. The van der Waals surface area contributed by atoms with Gasteiger partial charge in [0.1, 0.15) is 5.69 Å². The summed E-state index contributed by atoms with van der Waals surface area (Å²) in [5.41, 5.74) is 2.77. The van der Waals surface area contributed by atoms with Crippen molar-refractivity contribution in [2.75, 3.05) is 6.54 Å². The summed E-state index contributed by atoms with van der Waals surface area (Å²) in [5, 5.41) is 14.7. The highest BCUT2D eigenvalue weighted by Gasteiger charge is 2.31. The summed E-state index contributed by atoms with van der Waals surface area (Å²) in [4.78, 5) is 16.0. The number of aliphatic hydroxyl groups excluding tert-OH is 1. The van der Waals surface area contributed by atoms with Gasteiger partial charge in [0.2, 0.25) is 0 Å². The van der Waals surface area contributed by atoms with E-state index < -0.39 is 11.5 Å². The van der Waals surface area contributed by atoms with E-state index in [1.54, 1.807) is 17.8 Å². The molecule has 5 heteroatoms. The van der Waals surface area contributed by atoms with Crippen LogP contribution in [0.2, 0.25) is 0 Å². The van der Waals surface area contributed by atoms with Crippen LogP contribution in [0.5, 0.6) is 0 Å². The Bertz CT molecular complexity index is 569. The van der Waals surface area contributed by atoms with Crippen LogP contribution in [-0.2, 0) is 6.42 Å². The number of rotatable bonds is 6. The minimum absolute atomic E-state index is 0.198. The molecule has 112 valence electrons. The second-order valence-electron chi connectivity index (χ2n) is 5.55. The molecular weight excluding hydrogens is 284 g/mol. The molecule has 0 spiro atoms. The molecule has 4 nitrogen and oxygen atoms in total. The third-order valence-electron chi connectivity index (χ3n) is 3.78. The number of aromatic nitrogens is 1. The third kappa shape index (κ3) is 4.12. The zero-order valence-electron chi connectivity index (χ0n) is 12.2. The van der Waals surface area contributed by atoms with Crippen molar-refractivity contribution in [3.63, 3.8) is 0 Å². The molecule has 0 bridgehead atoms. The molecule has 0 unspecified atom stereocenters. The Morgan fingerprint density at radius 2 is 2.14 bits per heavy atom. The third-order valence-corrected chi connectivity index (χ3v) is 4.36. The molecule has 1 aromatic heterocycles. The molecule has 1 aromatic carbocycles. The van der Waals surface area contributed by atoms with Gasteiger partial charge >= 0.3 is 0 Å². The largest absolute Gasteiger partial charge is 0.393 e. The van der Waals surface area contributed by atoms with Gasteiger partial charge in [0.15, 0.2) is 0 Å². The van der Waals surface area contributed by atoms with Crippen LogP contribution in [-0.4, -0.2) is 28.6 Å². The molecule has 1 amide bonds. The van der Waals surface area contributed by atoms with Gasteiger partial charge in [0, 0.05) is 17.3 Å². The van der Waals surface area contributed by atoms with Crippen molar-refractivity contribution >= 4 is 17.2 Å². The Hall–Kier alpha value is -1.72. The monoisotopic (exact) mass is 304 g/mol. The molecule has 0 radical (unpaired) electrons. The first-order chi connectivity index (χ1) is 10.0. The topological polar surface area (TPSA) is 62.2 Å². The summed E-state index contributed by atoms with van der Waals surface area (Å²) < 4.78 is 0. The summed E-state index contributed by atoms with van der Waals surface area (Å²) in [5.74, 6) is -0.198. The smallest absolute Gasteiger partial charge is 0.270 e. The molecule has 2 N–H and O–H groups in total. The number of hydrogen-bond acceptors (Lipinski definition) is 4. The molecule has 0 aliphatic rings. The molecule has 1 heterocycles. The van der Waals surface area contributed by atoms with Gasteiger partial charge in [-0.25, -0.2) is 4.98 Å². The van der Waals surface area contributed by atoms with Crippen molar-refractivity contribution < 1.29 is 9.90 Å². The van der Waals surface area contributed by atoms with E-state index in [1.165, 1.54) is 11.3 Å². The van der Waals surface area contributed by atoms with Crippen LogP contribution in [0.3, 0.4) is 0 Å². The standard InChI is InChI=1S/C16H20N2O2S/c1-12(19)16(2,8-13-6-4-3-5-7-13)10-17-15(20)14-9-21-11-18-14/h3-7,9,11-12,19H,8,10H2,1-2H3,(H,17,20)/t12-,16-/m1/s1. The second kappa shape index (κ2) is 6.83. The Morgan fingerprint density at radius 3 is 2.71 bits per heavy atom. The van der Waals surface area contributed by atoms with E-state index in [0.29, 0.717) is 18.7 Å². The fraction of sp³-hybridized carbons (Fsp3) is 0.375. The van der Waals surface area contributed by atoms with E-state index in [4.69, 9.17) is 0 Å². The van der Waals surface area contributed by atoms with E-state index in [-0.39, 0.29) is 5.91 Å². The highest BCUT2D eigenvalue weighted by Crippen LogP contribution is 2.26. The molecular formula is C16H20N2O2S. The number of carbonyl (C=O) groups is 1. The average molecular weight is 304 g/mol. The van der Waals surface area contributed by atoms with Gasteiger partial charge in [-0.15, -0.1) is 11.3 Å². The first-order valence-corrected chi connectivity index (χ1v) is 7.84. The Balaban J connectivity index is 2.03. The number of aliphatic hydroxyl groups is 1. The fourth-order valence-corrected chi connectivity index (χ4v) is 2.65. The Morgan fingerprint density at radius 1 is 1.43 bits per heavy atom. The molecule has 2 aromatic rings. The molecule has 2 atom stereocenters. The molecule has 0 aliphatic carbocycles. The van der Waals surface area contributed by atoms with Crippen LogP contribution in [0.1, 0.15) is 29.9 Å². The summed E-state index contributed by atoms with van der Waals surface area (Å²) >= 11 is 1.39. The van der Waals surface area contributed by atoms with Crippen LogP contribution < -0.4 is 5.32 Å². The number of hydrogen-bond donors (Lipinski definition) is 2. The Labute approximate surface area is 128 Å². The zero-order chi connectivity index (χ0) is 15.3. The van der Waals surface area contributed by atoms with Crippen molar-refractivity contribution in [3.05, 3.63) is 52.5 Å². The van der Waals surface area contributed by atoms with E-state index in [0.717, 1.165) is 5.56 Å². The maximum atomic E-state index is 12.0. The number of benzene rings is 1. The van der Waals surface area contributed by atoms with E-state index >= 15 is 0 Å². The fourth-order valence-electron chi connectivity index (χ4n) is 2.12. The van der Waals surface area contributed by atoms with Crippen LogP contribution >= 0.6 is 11.3 Å². The summed E-state index contributed by atoms with van der Waals surface area (Å²) in [6.07, 6.45) is 0.163. The highest BCUT2D eigenvalue weighted by molar-refractivity contribution is 7.07. The van der Waals surface area contributed by atoms with Gasteiger partial charge < -0.3 is 10.4 Å². The van der Waals surface area contributed by atoms with Crippen molar-refractivity contribution in [2.24, 2.45) is 5.41 Å². The molecule has 0 fully saturated rings. The van der Waals surface area contributed by atoms with Crippen LogP contribution in [0, 0.1) is 5.41 Å². The first kappa shape index (κ1) is 15.7. The Kier molecular flexibility index (Phi) is 5.09. The molecule has 0 saturated heterocycles. The molecule has 2 rings (SSSR count). The van der Waals surface area contributed by atoms with Gasteiger partial charge in [0.05, 0.1) is 11.6 Å². The van der Waals surface area contributed by atoms with E-state index in [9.17, 15) is 9.90 Å². The van der Waals surface area contributed by atoms with Crippen LogP contribution in [0.4, 0.5) is 0 Å². The SMILES string of the molecule is C[C@@H](O)[C@@](C)(CNC(=O)c1cscn1)Cc1ccccc1. The lowest BCUT2D eigenvalue weighted by atomic mass is 9.79. The average Bonchev–Trinajstić information content (AvgIpc) is 3.00. The predicted molar refractivity (Wildman–Crippen MR) is 84.4 cm³/mol. The van der Waals surface area contributed by atoms with Crippen molar-refractivity contribution in [3.8, 4) is 0 Å². The first-order valence-electron chi connectivity index (χ1n) is 6.90. The zero-order valence-corrected chi connectivity index (χ0v) is 13.1. The van der Waals surface area contributed by atoms with Crippen LogP contribution in [0.25, 0.3) is 0 Å². The van der Waals surface area contributed by atoms with Crippen LogP contribution in [0.15, 0.2) is 41.2 Å². The number of nitrogens with zero attached hydrogens (tertiary/aromatic N) is 1. The van der Waals surface area contributed by atoms with Gasteiger partial charge in [0.25, 0.3) is 5.91 Å². The molecule has 0 saturated carbocycles. The van der Waals surface area contributed by atoms with Crippen molar-refractivity contribution in [1.82, 2.24) is 10.3 Å². The van der Waals surface area contributed by atoms with Gasteiger partial charge in [-0.2, -0.15) is 0 Å². The van der Waals surface area contributed by atoms with E-state index in [2.05, 4.69) is 10.3 Å². The number of thiazole rings is 1. The predicted octanol–water partition coefficient (Wildman–Crippen LogP) is 2.50. The van der Waals surface area contributed by atoms with Crippen molar-refractivity contribution in [2.45, 2.75) is 26.4 Å². The maximum absolute atomic E-state index is 12.0. The number of amides is 1. The van der Waals surface area contributed by atoms with Gasteiger partial charge in [-0.3, -0.25) is 4.79 Å². The van der Waals surface area contributed by atoms with Gasteiger partial charge in [-0.1, -0.05) is 37.3 Å². The maximum Gasteiger partial charge on any atom is 0.270 e. The number of nitrogens with one attached hydrogen (secondary N) is 1. The minimum atomic E-state index is -0.534. The summed E-state index contributed by atoms with van der Waals surface area (Å²) in [6.45, 7) is 4.14. The number of carbonyl (C=O) groups excluding carboxylic acids is 1. The molecule has 21 heavy (non-hydrogen) atoms. The van der Waals surface area contributed by atoms with Crippen molar-refractivity contribution in [1.29, 1.82) is 0 Å². The highest BCUT2D eigenvalue weighted by atomic mass is 32.1. The normalized spacial score (nSPS) is 15.2. The minimum Gasteiger partial charge on any atom is -0.393 e. The lowest BCUT2D eigenvalue weighted by Gasteiger charge is -2.33. The summed E-state index contributed by atoms with van der Waals surface area (Å²) in [6, 6.07) is 9.98. The summed E-state index contributed by atoms with van der Waals surface area (Å²) in [7, 11) is 0. The lowest BCUT2D eigenvalue weighted by Crippen LogP contribution is -2.43. The quantitative estimate of drug-likeness (QED) is 0.862. The van der Waals surface area contributed by atoms with Gasteiger partial charge in [-0.05, 0) is 18.9 Å². The lowest BCUT2D eigenvalue weighted by molar-refractivity contribution is 0.0499.